The Morgan fingerprint density at radius 3 is 2.31 bits per heavy atom. The third kappa shape index (κ3) is 6.34. The molecule has 1 aliphatic carbocycles. The average Bonchev–Trinajstić information content (AvgIpc) is 3.22. The van der Waals surface area contributed by atoms with E-state index in [0.717, 1.165) is 25.7 Å². The molecular formula is C22H26N4O3. The third-order valence-electron chi connectivity index (χ3n) is 4.81. The first-order valence-corrected chi connectivity index (χ1v) is 9.91. The Balaban J connectivity index is 1.46. The predicted octanol–water partition coefficient (Wildman–Crippen LogP) is 3.51. The maximum Gasteiger partial charge on any atom is 0.319 e. The molecule has 0 aliphatic heterocycles. The van der Waals surface area contributed by atoms with Crippen molar-refractivity contribution < 1.29 is 14.4 Å². The molecule has 7 nitrogen and oxygen atoms in total. The second-order valence-electron chi connectivity index (χ2n) is 7.05. The van der Waals surface area contributed by atoms with Gasteiger partial charge in [-0.3, -0.25) is 9.59 Å². The van der Waals surface area contributed by atoms with Crippen LogP contribution in [0.25, 0.3) is 0 Å². The molecule has 1 saturated carbocycles. The van der Waals surface area contributed by atoms with E-state index in [0.29, 0.717) is 16.9 Å². The maximum atomic E-state index is 12.6. The fourth-order valence-corrected chi connectivity index (χ4v) is 3.32. The largest absolute Gasteiger partial charge is 0.349 e. The molecule has 7 heteroatoms. The molecule has 2 aromatic rings. The van der Waals surface area contributed by atoms with Gasteiger partial charge in [0, 0.05) is 24.7 Å². The van der Waals surface area contributed by atoms with Crippen molar-refractivity contribution in [2.45, 2.75) is 38.1 Å². The molecule has 0 heterocycles. The molecule has 152 valence electrons. The zero-order valence-corrected chi connectivity index (χ0v) is 16.2. The number of amides is 4. The van der Waals surface area contributed by atoms with Gasteiger partial charge in [0.2, 0.25) is 5.91 Å². The smallest absolute Gasteiger partial charge is 0.319 e. The van der Waals surface area contributed by atoms with Gasteiger partial charge in [-0.1, -0.05) is 43.2 Å². The highest BCUT2D eigenvalue weighted by molar-refractivity contribution is 6.04. The average molecular weight is 394 g/mol. The van der Waals surface area contributed by atoms with Crippen LogP contribution in [0.2, 0.25) is 0 Å². The standard InChI is InChI=1S/C22H26N4O3/c27-20(14-15-23-22(29)25-17-8-2-1-3-9-17)26-19-13-7-6-12-18(19)21(28)24-16-10-4-5-11-16/h1-3,6-9,12-13,16H,4-5,10-11,14-15H2,(H,24,28)(H,26,27)(H2,23,25,29). The van der Waals surface area contributed by atoms with E-state index in [2.05, 4.69) is 21.3 Å². The minimum Gasteiger partial charge on any atom is -0.349 e. The number of hydrogen-bond donors (Lipinski definition) is 4. The van der Waals surface area contributed by atoms with Crippen molar-refractivity contribution in [3.63, 3.8) is 0 Å². The van der Waals surface area contributed by atoms with Crippen LogP contribution in [0.15, 0.2) is 54.6 Å². The van der Waals surface area contributed by atoms with E-state index in [-0.39, 0.29) is 36.9 Å². The summed E-state index contributed by atoms with van der Waals surface area (Å²) in [6.07, 6.45) is 4.36. The summed E-state index contributed by atoms with van der Waals surface area (Å²) in [6.45, 7) is 0.181. The normalized spacial score (nSPS) is 13.5. The molecule has 0 atom stereocenters. The fraction of sp³-hybridized carbons (Fsp3) is 0.318. The summed E-state index contributed by atoms with van der Waals surface area (Å²) < 4.78 is 0. The number of benzene rings is 2. The SMILES string of the molecule is O=C(CCNC(=O)Nc1ccccc1)Nc1ccccc1C(=O)NC1CCCC1. The van der Waals surface area contributed by atoms with Crippen LogP contribution in [-0.2, 0) is 4.79 Å². The van der Waals surface area contributed by atoms with E-state index >= 15 is 0 Å². The van der Waals surface area contributed by atoms with Gasteiger partial charge in [-0.25, -0.2) is 4.79 Å². The van der Waals surface area contributed by atoms with E-state index in [4.69, 9.17) is 0 Å². The zero-order valence-electron chi connectivity index (χ0n) is 16.2. The van der Waals surface area contributed by atoms with Crippen molar-refractivity contribution in [2.24, 2.45) is 0 Å². The van der Waals surface area contributed by atoms with Gasteiger partial charge in [0.1, 0.15) is 0 Å². The molecule has 2 aromatic carbocycles. The first-order chi connectivity index (χ1) is 14.1. The van der Waals surface area contributed by atoms with Gasteiger partial charge in [0.05, 0.1) is 11.3 Å². The van der Waals surface area contributed by atoms with Gasteiger partial charge in [-0.15, -0.1) is 0 Å². The predicted molar refractivity (Wildman–Crippen MR) is 113 cm³/mol. The molecule has 1 aliphatic rings. The van der Waals surface area contributed by atoms with Crippen LogP contribution < -0.4 is 21.3 Å². The second kappa shape index (κ2) is 10.3. The summed E-state index contributed by atoms with van der Waals surface area (Å²) in [6, 6.07) is 15.8. The molecule has 0 spiro atoms. The Labute approximate surface area is 170 Å². The van der Waals surface area contributed by atoms with Crippen molar-refractivity contribution >= 4 is 29.2 Å². The van der Waals surface area contributed by atoms with Crippen LogP contribution in [0.3, 0.4) is 0 Å². The van der Waals surface area contributed by atoms with Crippen molar-refractivity contribution in [3.05, 3.63) is 60.2 Å². The molecule has 0 bridgehead atoms. The van der Waals surface area contributed by atoms with E-state index in [9.17, 15) is 14.4 Å². The van der Waals surface area contributed by atoms with Gasteiger partial charge in [-0.05, 0) is 37.1 Å². The van der Waals surface area contributed by atoms with Crippen LogP contribution in [0, 0.1) is 0 Å². The van der Waals surface area contributed by atoms with Crippen LogP contribution in [-0.4, -0.2) is 30.4 Å². The Morgan fingerprint density at radius 1 is 0.862 bits per heavy atom. The minimum atomic E-state index is -0.375. The summed E-state index contributed by atoms with van der Waals surface area (Å²) >= 11 is 0. The first-order valence-electron chi connectivity index (χ1n) is 9.91. The van der Waals surface area contributed by atoms with Crippen molar-refractivity contribution in [1.29, 1.82) is 0 Å². The lowest BCUT2D eigenvalue weighted by Crippen LogP contribution is -2.33. The molecule has 4 amide bonds. The molecule has 4 N–H and O–H groups in total. The summed E-state index contributed by atoms with van der Waals surface area (Å²) in [5.74, 6) is -0.445. The number of urea groups is 1. The van der Waals surface area contributed by atoms with Crippen LogP contribution in [0.5, 0.6) is 0 Å². The van der Waals surface area contributed by atoms with Gasteiger partial charge >= 0.3 is 6.03 Å². The zero-order chi connectivity index (χ0) is 20.5. The van der Waals surface area contributed by atoms with Gasteiger partial charge < -0.3 is 21.3 Å². The van der Waals surface area contributed by atoms with Crippen LogP contribution in [0.4, 0.5) is 16.2 Å². The van der Waals surface area contributed by atoms with Gasteiger partial charge in [0.25, 0.3) is 5.91 Å². The highest BCUT2D eigenvalue weighted by Crippen LogP contribution is 2.20. The van der Waals surface area contributed by atoms with Crippen LogP contribution >= 0.6 is 0 Å². The summed E-state index contributed by atoms with van der Waals surface area (Å²) in [5.41, 5.74) is 1.60. The van der Waals surface area contributed by atoms with Crippen molar-refractivity contribution in [2.75, 3.05) is 17.2 Å². The summed E-state index contributed by atoms with van der Waals surface area (Å²) in [7, 11) is 0. The highest BCUT2D eigenvalue weighted by Gasteiger charge is 2.20. The number of carbonyl (C=O) groups is 3. The topological polar surface area (TPSA) is 99.3 Å². The van der Waals surface area contributed by atoms with Crippen molar-refractivity contribution in [1.82, 2.24) is 10.6 Å². The minimum absolute atomic E-state index is 0.0980. The lowest BCUT2D eigenvalue weighted by atomic mass is 10.1. The number of hydrogen-bond acceptors (Lipinski definition) is 3. The Hall–Kier alpha value is -3.35. The fourth-order valence-electron chi connectivity index (χ4n) is 3.32. The number of nitrogens with one attached hydrogen (secondary N) is 4. The Morgan fingerprint density at radius 2 is 1.55 bits per heavy atom. The van der Waals surface area contributed by atoms with Crippen LogP contribution in [0.1, 0.15) is 42.5 Å². The van der Waals surface area contributed by atoms with E-state index in [1.807, 2.05) is 18.2 Å². The molecule has 1 fully saturated rings. The number of anilines is 2. The van der Waals surface area contributed by atoms with E-state index in [1.54, 1.807) is 36.4 Å². The van der Waals surface area contributed by atoms with E-state index in [1.165, 1.54) is 0 Å². The maximum absolute atomic E-state index is 12.6. The summed E-state index contributed by atoms with van der Waals surface area (Å²) in [4.78, 5) is 36.7. The third-order valence-corrected chi connectivity index (χ3v) is 4.81. The van der Waals surface area contributed by atoms with E-state index < -0.39 is 0 Å². The van der Waals surface area contributed by atoms with Crippen molar-refractivity contribution in [3.8, 4) is 0 Å². The molecule has 29 heavy (non-hydrogen) atoms. The Kier molecular flexibility index (Phi) is 7.22. The monoisotopic (exact) mass is 394 g/mol. The lowest BCUT2D eigenvalue weighted by Gasteiger charge is -2.15. The van der Waals surface area contributed by atoms with Gasteiger partial charge in [0.15, 0.2) is 0 Å². The number of carbonyl (C=O) groups excluding carboxylic acids is 3. The highest BCUT2D eigenvalue weighted by atomic mass is 16.2. The molecule has 3 rings (SSSR count). The Bertz CT molecular complexity index is 848. The van der Waals surface area contributed by atoms with Gasteiger partial charge in [-0.2, -0.15) is 0 Å². The first kappa shape index (κ1) is 20.4. The lowest BCUT2D eigenvalue weighted by molar-refractivity contribution is -0.116. The molecular weight excluding hydrogens is 368 g/mol. The number of para-hydroxylation sites is 2. The quantitative estimate of drug-likeness (QED) is 0.578. The molecule has 0 aromatic heterocycles. The molecule has 0 unspecified atom stereocenters. The molecule has 0 saturated heterocycles. The number of rotatable bonds is 7. The molecule has 0 radical (unpaired) electrons. The second-order valence-corrected chi connectivity index (χ2v) is 7.05. The summed E-state index contributed by atoms with van der Waals surface area (Å²) in [5, 5.41) is 11.1.